The molecule has 0 aromatic heterocycles. The van der Waals surface area contributed by atoms with Gasteiger partial charge in [0.15, 0.2) is 5.79 Å². The van der Waals surface area contributed by atoms with E-state index < -0.39 is 11.4 Å². The van der Waals surface area contributed by atoms with E-state index in [1.54, 1.807) is 0 Å². The molecule has 4 rings (SSSR count). The Hall–Kier alpha value is -0.120. The number of aliphatic hydroxyl groups is 1. The zero-order valence-corrected chi connectivity index (χ0v) is 8.24. The zero-order chi connectivity index (χ0) is 9.39. The van der Waals surface area contributed by atoms with Gasteiger partial charge in [-0.15, -0.1) is 0 Å². The van der Waals surface area contributed by atoms with E-state index in [4.69, 9.17) is 9.47 Å². The molecular formula is C11H16O3. The van der Waals surface area contributed by atoms with Crippen LogP contribution in [0.5, 0.6) is 0 Å². The van der Waals surface area contributed by atoms with Crippen molar-refractivity contribution >= 4 is 0 Å². The summed E-state index contributed by atoms with van der Waals surface area (Å²) in [6.45, 7) is 1.32. The molecule has 4 atom stereocenters. The second-order valence-corrected chi connectivity index (χ2v) is 5.36. The Morgan fingerprint density at radius 3 is 2.64 bits per heavy atom. The maximum absolute atomic E-state index is 10.7. The largest absolute Gasteiger partial charge is 0.384 e. The molecule has 4 aliphatic rings. The summed E-state index contributed by atoms with van der Waals surface area (Å²) in [5.41, 5.74) is -0.619. The molecule has 3 saturated carbocycles. The Balaban J connectivity index is 1.75. The first-order chi connectivity index (χ1) is 6.76. The molecule has 78 valence electrons. The van der Waals surface area contributed by atoms with E-state index in [1.165, 1.54) is 19.3 Å². The topological polar surface area (TPSA) is 38.7 Å². The maximum Gasteiger partial charge on any atom is 0.198 e. The normalized spacial score (nSPS) is 57.6. The van der Waals surface area contributed by atoms with Gasteiger partial charge in [0.05, 0.1) is 13.2 Å². The Morgan fingerprint density at radius 2 is 1.93 bits per heavy atom. The molecule has 0 radical (unpaired) electrons. The van der Waals surface area contributed by atoms with E-state index >= 15 is 0 Å². The average molecular weight is 196 g/mol. The van der Waals surface area contributed by atoms with Crippen molar-refractivity contribution in [3.63, 3.8) is 0 Å². The van der Waals surface area contributed by atoms with Crippen LogP contribution in [0.4, 0.5) is 0 Å². The number of hydrogen-bond donors (Lipinski definition) is 1. The molecule has 0 aromatic carbocycles. The predicted octanol–water partition coefficient (Wildman–Crippen LogP) is 0.910. The summed E-state index contributed by atoms with van der Waals surface area (Å²) in [4.78, 5) is 0. The van der Waals surface area contributed by atoms with Crippen molar-refractivity contribution in [1.82, 2.24) is 0 Å². The lowest BCUT2D eigenvalue weighted by molar-refractivity contribution is -0.368. The summed E-state index contributed by atoms with van der Waals surface area (Å²) in [5, 5.41) is 10.7. The SMILES string of the molecule is O[C@]12[C@H]3CC[C@H](C3)[C@H]1CC21OCCO1. The van der Waals surface area contributed by atoms with Crippen LogP contribution in [0.3, 0.4) is 0 Å². The third-order valence-corrected chi connectivity index (χ3v) is 5.08. The minimum absolute atomic E-state index is 0.448. The highest BCUT2D eigenvalue weighted by atomic mass is 16.8. The highest BCUT2D eigenvalue weighted by Gasteiger charge is 2.77. The maximum atomic E-state index is 10.7. The van der Waals surface area contributed by atoms with Gasteiger partial charge in [-0.05, 0) is 31.1 Å². The predicted molar refractivity (Wildman–Crippen MR) is 48.5 cm³/mol. The van der Waals surface area contributed by atoms with Crippen LogP contribution in [0.15, 0.2) is 0 Å². The molecule has 1 heterocycles. The van der Waals surface area contributed by atoms with Gasteiger partial charge in [-0.2, -0.15) is 0 Å². The fraction of sp³-hybridized carbons (Fsp3) is 1.00. The van der Waals surface area contributed by atoms with E-state index in [0.717, 1.165) is 12.3 Å². The van der Waals surface area contributed by atoms with Gasteiger partial charge in [0.1, 0.15) is 5.60 Å². The van der Waals surface area contributed by atoms with Crippen molar-refractivity contribution < 1.29 is 14.6 Å². The van der Waals surface area contributed by atoms with Gasteiger partial charge >= 0.3 is 0 Å². The highest BCUT2D eigenvalue weighted by molar-refractivity contribution is 5.22. The van der Waals surface area contributed by atoms with Crippen LogP contribution in [0, 0.1) is 17.8 Å². The van der Waals surface area contributed by atoms with Crippen molar-refractivity contribution in [2.45, 2.75) is 37.1 Å². The van der Waals surface area contributed by atoms with Crippen molar-refractivity contribution in [3.05, 3.63) is 0 Å². The molecule has 0 unspecified atom stereocenters. The van der Waals surface area contributed by atoms with Crippen LogP contribution in [0.2, 0.25) is 0 Å². The Labute approximate surface area is 83.4 Å². The van der Waals surface area contributed by atoms with Gasteiger partial charge in [-0.25, -0.2) is 0 Å². The summed E-state index contributed by atoms with van der Waals surface area (Å²) in [5.74, 6) is 1.09. The molecule has 1 aliphatic heterocycles. The van der Waals surface area contributed by atoms with Gasteiger partial charge in [0.2, 0.25) is 0 Å². The highest BCUT2D eigenvalue weighted by Crippen LogP contribution is 2.69. The first kappa shape index (κ1) is 8.08. The molecule has 1 spiro atoms. The standard InChI is InChI=1S/C11H16O3/c12-11-8-2-1-7(5-8)9(11)6-10(11)13-3-4-14-10/h7-9,12H,1-6H2/t7-,8+,9-,11-/m1/s1. The van der Waals surface area contributed by atoms with E-state index in [1.807, 2.05) is 0 Å². The molecule has 3 aliphatic carbocycles. The van der Waals surface area contributed by atoms with Crippen LogP contribution < -0.4 is 0 Å². The second kappa shape index (κ2) is 2.18. The third-order valence-electron chi connectivity index (χ3n) is 5.08. The first-order valence-electron chi connectivity index (χ1n) is 5.76. The van der Waals surface area contributed by atoms with Crippen LogP contribution in [0.25, 0.3) is 0 Å². The number of rotatable bonds is 0. The summed E-state index contributed by atoms with van der Waals surface area (Å²) in [7, 11) is 0. The van der Waals surface area contributed by atoms with Gasteiger partial charge in [-0.3, -0.25) is 0 Å². The van der Waals surface area contributed by atoms with E-state index in [2.05, 4.69) is 0 Å². The Morgan fingerprint density at radius 1 is 1.14 bits per heavy atom. The van der Waals surface area contributed by atoms with E-state index in [-0.39, 0.29) is 0 Å². The van der Waals surface area contributed by atoms with Crippen LogP contribution >= 0.6 is 0 Å². The lowest BCUT2D eigenvalue weighted by Crippen LogP contribution is -2.72. The minimum atomic E-state index is -0.619. The average Bonchev–Trinajstić information content (AvgIpc) is 2.84. The van der Waals surface area contributed by atoms with E-state index in [0.29, 0.717) is 25.0 Å². The number of fused-ring (bicyclic) bond motifs is 6. The zero-order valence-electron chi connectivity index (χ0n) is 8.24. The molecule has 4 fully saturated rings. The Bertz CT molecular complexity index is 280. The molecule has 1 N–H and O–H groups in total. The molecule has 14 heavy (non-hydrogen) atoms. The lowest BCUT2D eigenvalue weighted by Gasteiger charge is -2.59. The monoisotopic (exact) mass is 196 g/mol. The minimum Gasteiger partial charge on any atom is -0.384 e. The van der Waals surface area contributed by atoms with Crippen LogP contribution in [-0.4, -0.2) is 29.7 Å². The lowest BCUT2D eigenvalue weighted by atomic mass is 9.57. The van der Waals surface area contributed by atoms with Crippen LogP contribution in [0.1, 0.15) is 25.7 Å². The van der Waals surface area contributed by atoms with E-state index in [9.17, 15) is 5.11 Å². The number of hydrogen-bond acceptors (Lipinski definition) is 3. The fourth-order valence-corrected chi connectivity index (χ4v) is 4.49. The van der Waals surface area contributed by atoms with Crippen molar-refractivity contribution in [2.24, 2.45) is 17.8 Å². The molecule has 3 nitrogen and oxygen atoms in total. The molecule has 0 amide bonds. The summed E-state index contributed by atoms with van der Waals surface area (Å²) < 4.78 is 11.3. The smallest absolute Gasteiger partial charge is 0.198 e. The second-order valence-electron chi connectivity index (χ2n) is 5.36. The fourth-order valence-electron chi connectivity index (χ4n) is 4.49. The molecule has 3 heteroatoms. The van der Waals surface area contributed by atoms with Crippen LogP contribution in [-0.2, 0) is 9.47 Å². The molecule has 0 aromatic rings. The van der Waals surface area contributed by atoms with Crippen molar-refractivity contribution in [2.75, 3.05) is 13.2 Å². The third kappa shape index (κ3) is 0.613. The first-order valence-corrected chi connectivity index (χ1v) is 5.76. The summed E-state index contributed by atoms with van der Waals surface area (Å²) >= 11 is 0. The number of ether oxygens (including phenoxy) is 2. The summed E-state index contributed by atoms with van der Waals surface area (Å²) in [6, 6.07) is 0. The Kier molecular flexibility index (Phi) is 1.26. The molecular weight excluding hydrogens is 180 g/mol. The van der Waals surface area contributed by atoms with Gasteiger partial charge in [0.25, 0.3) is 0 Å². The van der Waals surface area contributed by atoms with Gasteiger partial charge in [-0.1, -0.05) is 0 Å². The molecule has 1 saturated heterocycles. The van der Waals surface area contributed by atoms with Gasteiger partial charge < -0.3 is 14.6 Å². The van der Waals surface area contributed by atoms with Gasteiger partial charge in [0, 0.05) is 12.3 Å². The molecule has 2 bridgehead atoms. The summed E-state index contributed by atoms with van der Waals surface area (Å²) in [6.07, 6.45) is 4.63. The quantitative estimate of drug-likeness (QED) is 0.626. The van der Waals surface area contributed by atoms with Crippen molar-refractivity contribution in [3.8, 4) is 0 Å². The van der Waals surface area contributed by atoms with Crippen molar-refractivity contribution in [1.29, 1.82) is 0 Å².